The first-order chi connectivity index (χ1) is 29.0. The van der Waals surface area contributed by atoms with E-state index in [-0.39, 0.29) is 46.2 Å². The summed E-state index contributed by atoms with van der Waals surface area (Å²) in [6.45, 7) is 0. The summed E-state index contributed by atoms with van der Waals surface area (Å²) in [4.78, 5) is 64.2. The van der Waals surface area contributed by atoms with Gasteiger partial charge in [-0.1, -0.05) is 97.1 Å². The molecule has 0 saturated carbocycles. The number of hydrogen-bond donors (Lipinski definition) is 2. The van der Waals surface area contributed by atoms with Gasteiger partial charge in [0.25, 0.3) is 0 Å². The van der Waals surface area contributed by atoms with Crippen molar-refractivity contribution in [2.75, 3.05) is 0 Å². The number of hydrogen-bond acceptors (Lipinski definition) is 10. The summed E-state index contributed by atoms with van der Waals surface area (Å²) < 4.78 is 0. The second-order valence-electron chi connectivity index (χ2n) is 14.0. The van der Waals surface area contributed by atoms with E-state index in [1.54, 1.807) is 48.5 Å². The number of carbonyl (C=O) groups excluding carboxylic acids is 4. The maximum absolute atomic E-state index is 11.7. The molecule has 61 heavy (non-hydrogen) atoms. The zero-order valence-electron chi connectivity index (χ0n) is 31.5. The Morgan fingerprint density at radius 1 is 0.328 bits per heavy atom. The number of aromatic nitrogens is 4. The van der Waals surface area contributed by atoms with Crippen molar-refractivity contribution in [3.8, 4) is 44.5 Å². The SMILES string of the molecule is O=C([O-])c1ccc(-c2c3nc(c(-c4ccc(C(=O)[O-])cc4)c4ccc([nH]4)c(-c4ccc(C(=O)[O-])cc4)c4nc(c(-c5ccc(C(=O)[O-])cc5)c5ccc2[nH]5)C=C4)C=C3)cc1.[Sn+4]. The average molecular weight is 905 g/mol. The number of benzene rings is 4. The van der Waals surface area contributed by atoms with E-state index >= 15 is 0 Å². The summed E-state index contributed by atoms with van der Waals surface area (Å²) >= 11 is 0. The van der Waals surface area contributed by atoms with E-state index in [0.717, 1.165) is 0 Å². The minimum Gasteiger partial charge on any atom is -0.545 e. The Morgan fingerprint density at radius 3 is 0.705 bits per heavy atom. The van der Waals surface area contributed by atoms with Crippen LogP contribution in [0.1, 0.15) is 64.2 Å². The molecule has 13 heteroatoms. The molecule has 0 amide bonds. The Labute approximate surface area is 362 Å². The second kappa shape index (κ2) is 16.1. The fraction of sp³-hybridized carbons (Fsp3) is 0. The Balaban J connectivity index is 0.00000514. The van der Waals surface area contributed by atoms with Gasteiger partial charge in [0.15, 0.2) is 0 Å². The molecule has 0 saturated heterocycles. The first-order valence-corrected chi connectivity index (χ1v) is 18.5. The van der Waals surface area contributed by atoms with Gasteiger partial charge in [-0.3, -0.25) is 0 Å². The van der Waals surface area contributed by atoms with Crippen molar-refractivity contribution in [2.24, 2.45) is 0 Å². The molecular formula is C48H26N4O8Sn. The number of carbonyl (C=O) groups is 4. The normalized spacial score (nSPS) is 11.5. The number of aromatic carboxylic acids is 4. The molecule has 4 aromatic carbocycles. The van der Waals surface area contributed by atoms with Crippen molar-refractivity contribution in [1.29, 1.82) is 0 Å². The monoisotopic (exact) mass is 906 g/mol. The fourth-order valence-corrected chi connectivity index (χ4v) is 7.51. The maximum Gasteiger partial charge on any atom is 4.00 e. The molecule has 290 valence electrons. The minimum atomic E-state index is -1.32. The molecule has 0 radical (unpaired) electrons. The molecule has 0 atom stereocenters. The number of nitrogens with one attached hydrogen (secondary N) is 2. The predicted molar refractivity (Wildman–Crippen MR) is 224 cm³/mol. The van der Waals surface area contributed by atoms with Crippen LogP contribution in [0.4, 0.5) is 0 Å². The molecule has 12 nitrogen and oxygen atoms in total. The summed E-state index contributed by atoms with van der Waals surface area (Å²) in [7, 11) is 0. The van der Waals surface area contributed by atoms with Crippen LogP contribution in [0.15, 0.2) is 121 Å². The first kappa shape index (κ1) is 40.0. The van der Waals surface area contributed by atoms with Crippen molar-refractivity contribution < 1.29 is 39.6 Å². The first-order valence-electron chi connectivity index (χ1n) is 18.5. The van der Waals surface area contributed by atoms with Gasteiger partial charge < -0.3 is 49.6 Å². The van der Waals surface area contributed by atoms with E-state index in [2.05, 4.69) is 9.97 Å². The second-order valence-corrected chi connectivity index (χ2v) is 14.0. The Bertz CT molecular complexity index is 2760. The van der Waals surface area contributed by atoms with Gasteiger partial charge in [-0.2, -0.15) is 0 Å². The number of H-pyrrole nitrogens is 2. The summed E-state index contributed by atoms with van der Waals surface area (Å²) in [5, 5.41) is 46.8. The minimum absolute atomic E-state index is 0. The van der Waals surface area contributed by atoms with E-state index < -0.39 is 23.9 Å². The molecule has 2 aliphatic rings. The molecular weight excluding hydrogens is 879 g/mol. The quantitative estimate of drug-likeness (QED) is 0.205. The summed E-state index contributed by atoms with van der Waals surface area (Å²) in [6.07, 6.45) is 7.33. The Kier molecular flexibility index (Phi) is 10.5. The van der Waals surface area contributed by atoms with Gasteiger partial charge in [0.2, 0.25) is 0 Å². The van der Waals surface area contributed by atoms with E-state index in [4.69, 9.17) is 9.97 Å². The molecule has 9 rings (SSSR count). The summed E-state index contributed by atoms with van der Waals surface area (Å²) in [5.41, 5.74) is 9.58. The zero-order chi connectivity index (χ0) is 41.7. The molecule has 0 aliphatic carbocycles. The van der Waals surface area contributed by atoms with Crippen LogP contribution in [0.5, 0.6) is 0 Å². The number of fused-ring (bicyclic) bond motifs is 8. The largest absolute Gasteiger partial charge is 4.00 e. The van der Waals surface area contributed by atoms with Crippen LogP contribution in [-0.4, -0.2) is 67.7 Å². The van der Waals surface area contributed by atoms with E-state index in [9.17, 15) is 39.6 Å². The molecule has 5 heterocycles. The Hall–Kier alpha value is -7.84. The molecule has 2 aliphatic heterocycles. The number of rotatable bonds is 8. The van der Waals surface area contributed by atoms with Gasteiger partial charge in [0.1, 0.15) is 0 Å². The molecule has 2 N–H and O–H groups in total. The van der Waals surface area contributed by atoms with Crippen LogP contribution in [0.3, 0.4) is 0 Å². The van der Waals surface area contributed by atoms with Crippen molar-refractivity contribution in [1.82, 2.24) is 19.9 Å². The number of carboxylic acids is 4. The molecule has 0 fully saturated rings. The van der Waals surface area contributed by atoms with Gasteiger partial charge in [0.05, 0.1) is 46.7 Å². The van der Waals surface area contributed by atoms with E-state index in [1.807, 2.05) is 48.6 Å². The summed E-state index contributed by atoms with van der Waals surface area (Å²) in [5.74, 6) is -5.30. The van der Waals surface area contributed by atoms with E-state index in [0.29, 0.717) is 89.4 Å². The summed E-state index contributed by atoms with van der Waals surface area (Å²) in [6, 6.07) is 32.4. The number of aromatic amines is 2. The molecule has 7 aromatic rings. The standard InChI is InChI=1S/C48H30N4O8.Sn/c53-45(54)29-9-1-25(2-10-29)41-33-17-19-35(49-33)42(26-3-11-30(12-4-26)46(55)56)37-21-23-39(51-37)44(28-7-15-32(16-8-28)48(59)60)40-24-22-38(52-40)43(36-20-18-34(41)50-36)27-5-13-31(14-6-27)47(57)58;/h1-24,49,52H,(H,53,54)(H,55,56)(H,57,58)(H,59,60);/q;+4/p-4. The van der Waals surface area contributed by atoms with E-state index in [1.165, 1.54) is 48.5 Å². The van der Waals surface area contributed by atoms with Gasteiger partial charge in [0, 0.05) is 44.3 Å². The van der Waals surface area contributed by atoms with Gasteiger partial charge in [-0.25, -0.2) is 9.97 Å². The molecule has 8 bridgehead atoms. The molecule has 3 aromatic heterocycles. The fourth-order valence-electron chi connectivity index (χ4n) is 7.51. The van der Waals surface area contributed by atoms with Crippen LogP contribution in [-0.2, 0) is 0 Å². The van der Waals surface area contributed by atoms with Crippen molar-refractivity contribution in [3.63, 3.8) is 0 Å². The molecule has 0 spiro atoms. The van der Waals surface area contributed by atoms with Crippen LogP contribution in [0.2, 0.25) is 0 Å². The topological polar surface area (TPSA) is 218 Å². The zero-order valence-corrected chi connectivity index (χ0v) is 34.4. The third-order valence-electron chi connectivity index (χ3n) is 10.4. The van der Waals surface area contributed by atoms with Crippen molar-refractivity contribution in [2.45, 2.75) is 0 Å². The van der Waals surface area contributed by atoms with Crippen LogP contribution >= 0.6 is 0 Å². The smallest absolute Gasteiger partial charge is 0.545 e. The van der Waals surface area contributed by atoms with Crippen molar-refractivity contribution >= 4 is 94.2 Å². The maximum atomic E-state index is 11.7. The molecule has 0 unspecified atom stereocenters. The number of carboxylic acid groups (broad SMARTS) is 4. The average Bonchev–Trinajstić information content (AvgIpc) is 4.10. The number of nitrogens with zero attached hydrogens (tertiary/aromatic N) is 2. The Morgan fingerprint density at radius 2 is 0.525 bits per heavy atom. The van der Waals surface area contributed by atoms with Crippen molar-refractivity contribution in [3.05, 3.63) is 166 Å². The predicted octanol–water partition coefficient (Wildman–Crippen LogP) is 4.40. The van der Waals surface area contributed by atoms with Crippen LogP contribution in [0.25, 0.3) is 90.9 Å². The van der Waals surface area contributed by atoms with Crippen LogP contribution in [0, 0.1) is 0 Å². The van der Waals surface area contributed by atoms with Crippen LogP contribution < -0.4 is 20.4 Å². The van der Waals surface area contributed by atoms with Gasteiger partial charge in [-0.15, -0.1) is 0 Å². The van der Waals surface area contributed by atoms with Gasteiger partial charge in [-0.05, 0) is 93.1 Å². The van der Waals surface area contributed by atoms with Gasteiger partial charge >= 0.3 is 23.9 Å². The third kappa shape index (κ3) is 7.51. The third-order valence-corrected chi connectivity index (χ3v) is 10.4.